The van der Waals surface area contributed by atoms with Gasteiger partial charge in [0, 0.05) is 16.8 Å². The Morgan fingerprint density at radius 3 is 2.35 bits per heavy atom. The van der Waals surface area contributed by atoms with Crippen molar-refractivity contribution < 1.29 is 33.3 Å². The fourth-order valence-corrected chi connectivity index (χ4v) is 6.15. The molecule has 182 valence electrons. The topological polar surface area (TPSA) is 29.1 Å². The highest BCUT2D eigenvalue weighted by molar-refractivity contribution is 6.07. The van der Waals surface area contributed by atoms with E-state index in [1.165, 1.54) is 86.7 Å². The molecule has 0 bridgehead atoms. The first-order valence-corrected chi connectivity index (χ1v) is 13.2. The summed E-state index contributed by atoms with van der Waals surface area (Å²) < 4.78 is 1.14. The molecule has 34 heavy (non-hydrogen) atoms. The summed E-state index contributed by atoms with van der Waals surface area (Å²) in [5, 5.41) is 3.15. The van der Waals surface area contributed by atoms with Gasteiger partial charge < -0.3 is 33.8 Å². The Kier molecular flexibility index (Phi) is 8.52. The standard InChI is InChI=1S/C30H38N2O.HI/c1-32(18-6-3-7-19-32)22-23-10-16-29(17-11-23)31-30(33)27-15-13-25-12-14-26(20-28(25)21-27)24-8-4-2-5-9-24;/h10-12,14,16-17,20-21,24H,2-9,13,15,18-19,22H2,1H3;1H. The highest BCUT2D eigenvalue weighted by atomic mass is 127. The molecule has 1 heterocycles. The zero-order valence-electron chi connectivity index (χ0n) is 20.6. The number of nitrogens with one attached hydrogen (secondary N) is 1. The van der Waals surface area contributed by atoms with E-state index in [0.717, 1.165) is 35.1 Å². The third-order valence-electron chi connectivity index (χ3n) is 8.20. The third-order valence-corrected chi connectivity index (χ3v) is 8.20. The number of benzene rings is 2. The van der Waals surface area contributed by atoms with Gasteiger partial charge in [-0.3, -0.25) is 4.79 Å². The van der Waals surface area contributed by atoms with Gasteiger partial charge >= 0.3 is 0 Å². The zero-order valence-corrected chi connectivity index (χ0v) is 22.8. The molecule has 1 saturated heterocycles. The van der Waals surface area contributed by atoms with Crippen LogP contribution < -0.4 is 29.3 Å². The van der Waals surface area contributed by atoms with Crippen molar-refractivity contribution in [3.8, 4) is 0 Å². The molecule has 2 aromatic carbocycles. The van der Waals surface area contributed by atoms with Crippen LogP contribution in [0.2, 0.25) is 0 Å². The first kappa shape index (κ1) is 25.4. The monoisotopic (exact) mass is 570 g/mol. The van der Waals surface area contributed by atoms with E-state index in [2.05, 4.69) is 60.9 Å². The van der Waals surface area contributed by atoms with Crippen LogP contribution >= 0.6 is 0 Å². The highest BCUT2D eigenvalue weighted by Gasteiger charge is 2.25. The number of amides is 1. The molecule has 2 fully saturated rings. The predicted octanol–water partition coefficient (Wildman–Crippen LogP) is 3.84. The van der Waals surface area contributed by atoms with Gasteiger partial charge in [0.15, 0.2) is 0 Å². The summed E-state index contributed by atoms with van der Waals surface area (Å²) in [6.07, 6.45) is 14.7. The molecule has 1 saturated carbocycles. The van der Waals surface area contributed by atoms with Crippen molar-refractivity contribution in [2.75, 3.05) is 25.5 Å². The number of carbonyl (C=O) groups excluding carboxylic acids is 1. The number of carbonyl (C=O) groups is 1. The average molecular weight is 571 g/mol. The predicted molar refractivity (Wildman–Crippen MR) is 137 cm³/mol. The van der Waals surface area contributed by atoms with Crippen LogP contribution in [-0.4, -0.2) is 30.5 Å². The first-order valence-electron chi connectivity index (χ1n) is 13.2. The van der Waals surface area contributed by atoms with Gasteiger partial charge in [0.25, 0.3) is 5.91 Å². The van der Waals surface area contributed by atoms with Crippen molar-refractivity contribution >= 4 is 17.7 Å². The summed E-state index contributed by atoms with van der Waals surface area (Å²) >= 11 is 0. The van der Waals surface area contributed by atoms with Gasteiger partial charge in [-0.2, -0.15) is 0 Å². The number of anilines is 1. The molecule has 2 aromatic rings. The summed E-state index contributed by atoms with van der Waals surface area (Å²) in [7, 11) is 2.38. The lowest BCUT2D eigenvalue weighted by molar-refractivity contribution is -0.926. The quantitative estimate of drug-likeness (QED) is 0.430. The van der Waals surface area contributed by atoms with Crippen LogP contribution in [-0.2, 0) is 17.8 Å². The molecule has 5 rings (SSSR count). The van der Waals surface area contributed by atoms with Crippen LogP contribution in [0.25, 0.3) is 6.08 Å². The van der Waals surface area contributed by atoms with Gasteiger partial charge in [-0.15, -0.1) is 0 Å². The van der Waals surface area contributed by atoms with E-state index in [-0.39, 0.29) is 29.9 Å². The van der Waals surface area contributed by atoms with Gasteiger partial charge in [-0.1, -0.05) is 49.6 Å². The van der Waals surface area contributed by atoms with Gasteiger partial charge in [0.1, 0.15) is 6.54 Å². The SMILES string of the molecule is C[N+]1(Cc2ccc(NC(=O)C3=Cc4cc(C5CCCCC5)ccc4CC3)cc2)CCCCC1.[I-]. The minimum absolute atomic E-state index is 0. The van der Waals surface area contributed by atoms with E-state index in [0.29, 0.717) is 5.92 Å². The lowest BCUT2D eigenvalue weighted by Crippen LogP contribution is -3.00. The molecule has 0 radical (unpaired) electrons. The Balaban J connectivity index is 0.00000274. The van der Waals surface area contributed by atoms with E-state index < -0.39 is 0 Å². The number of piperidine rings is 1. The lowest BCUT2D eigenvalue weighted by atomic mass is 9.81. The average Bonchev–Trinajstić information content (AvgIpc) is 2.85. The van der Waals surface area contributed by atoms with Crippen LogP contribution in [0.3, 0.4) is 0 Å². The zero-order chi connectivity index (χ0) is 22.7. The summed E-state index contributed by atoms with van der Waals surface area (Å²) in [5.74, 6) is 0.746. The molecular weight excluding hydrogens is 531 g/mol. The number of halogens is 1. The van der Waals surface area contributed by atoms with E-state index in [1.54, 1.807) is 0 Å². The molecule has 3 nitrogen and oxygen atoms in total. The van der Waals surface area contributed by atoms with Crippen molar-refractivity contribution in [2.45, 2.75) is 76.7 Å². The number of hydrogen-bond acceptors (Lipinski definition) is 1. The minimum Gasteiger partial charge on any atom is -1.00 e. The van der Waals surface area contributed by atoms with Gasteiger partial charge in [-0.05, 0) is 85.8 Å². The lowest BCUT2D eigenvalue weighted by Gasteiger charge is -2.37. The molecule has 1 aliphatic heterocycles. The van der Waals surface area contributed by atoms with Gasteiger partial charge in [0.05, 0.1) is 20.1 Å². The van der Waals surface area contributed by atoms with E-state index >= 15 is 0 Å². The molecule has 0 unspecified atom stereocenters. The second-order valence-electron chi connectivity index (χ2n) is 10.9. The third kappa shape index (κ3) is 6.12. The normalized spacial score (nSPS) is 20.0. The maximum atomic E-state index is 13.0. The number of aryl methyl sites for hydroxylation is 1. The van der Waals surface area contributed by atoms with Gasteiger partial charge in [-0.25, -0.2) is 0 Å². The maximum absolute atomic E-state index is 13.0. The Morgan fingerprint density at radius 1 is 0.912 bits per heavy atom. The van der Waals surface area contributed by atoms with Crippen molar-refractivity contribution in [1.82, 2.24) is 0 Å². The molecular formula is C30H39IN2O. The summed E-state index contributed by atoms with van der Waals surface area (Å²) in [4.78, 5) is 13.0. The number of fused-ring (bicyclic) bond motifs is 1. The van der Waals surface area contributed by atoms with Crippen molar-refractivity contribution in [3.63, 3.8) is 0 Å². The van der Waals surface area contributed by atoms with Crippen molar-refractivity contribution in [1.29, 1.82) is 0 Å². The van der Waals surface area contributed by atoms with Crippen molar-refractivity contribution in [3.05, 3.63) is 70.3 Å². The maximum Gasteiger partial charge on any atom is 0.251 e. The Bertz CT molecular complexity index is 1010. The van der Waals surface area contributed by atoms with Crippen molar-refractivity contribution in [2.24, 2.45) is 0 Å². The van der Waals surface area contributed by atoms with E-state index in [1.807, 2.05) is 0 Å². The Morgan fingerprint density at radius 2 is 1.62 bits per heavy atom. The molecule has 2 aliphatic carbocycles. The molecule has 0 spiro atoms. The fourth-order valence-electron chi connectivity index (χ4n) is 6.15. The number of hydrogen-bond donors (Lipinski definition) is 1. The molecule has 4 heteroatoms. The molecule has 0 atom stereocenters. The van der Waals surface area contributed by atoms with E-state index in [4.69, 9.17) is 0 Å². The molecule has 0 aromatic heterocycles. The van der Waals surface area contributed by atoms with Crippen LogP contribution in [0.4, 0.5) is 5.69 Å². The molecule has 1 amide bonds. The first-order chi connectivity index (χ1) is 16.1. The smallest absolute Gasteiger partial charge is 0.251 e. The number of quaternary nitrogens is 1. The number of nitrogens with zero attached hydrogens (tertiary/aromatic N) is 1. The second-order valence-corrected chi connectivity index (χ2v) is 10.9. The van der Waals surface area contributed by atoms with Crippen LogP contribution in [0.5, 0.6) is 0 Å². The van der Waals surface area contributed by atoms with Crippen LogP contribution in [0, 0.1) is 0 Å². The Hall–Kier alpha value is -1.66. The summed E-state index contributed by atoms with van der Waals surface area (Å²) in [6, 6.07) is 15.5. The van der Waals surface area contributed by atoms with E-state index in [9.17, 15) is 4.79 Å². The number of rotatable bonds is 5. The summed E-state index contributed by atoms with van der Waals surface area (Å²) in [6.45, 7) is 3.63. The summed E-state index contributed by atoms with van der Waals surface area (Å²) in [5.41, 5.74) is 7.25. The molecule has 3 aliphatic rings. The minimum atomic E-state index is 0. The Labute approximate surface area is 222 Å². The number of likely N-dealkylation sites (tertiary alicyclic amines) is 1. The van der Waals surface area contributed by atoms with Gasteiger partial charge in [0.2, 0.25) is 0 Å². The molecule has 1 N–H and O–H groups in total. The van der Waals surface area contributed by atoms with Crippen LogP contribution in [0.15, 0.2) is 48.0 Å². The second kappa shape index (κ2) is 11.4. The highest BCUT2D eigenvalue weighted by Crippen LogP contribution is 2.35. The van der Waals surface area contributed by atoms with Crippen LogP contribution in [0.1, 0.15) is 86.0 Å². The largest absolute Gasteiger partial charge is 1.00 e. The fraction of sp³-hybridized carbons (Fsp3) is 0.500.